The largest absolute Gasteiger partial charge is 0.494 e. The van der Waals surface area contributed by atoms with Crippen molar-refractivity contribution in [2.24, 2.45) is 0 Å². The molecule has 0 spiro atoms. The molecule has 4 nitrogen and oxygen atoms in total. The molecular formula is C62H98B2O4S. The van der Waals surface area contributed by atoms with E-state index in [1.54, 1.807) is 32.0 Å². The van der Waals surface area contributed by atoms with Crippen molar-refractivity contribution < 1.29 is 18.6 Å². The van der Waals surface area contributed by atoms with Crippen LogP contribution in [-0.2, 0) is 29.4 Å². The van der Waals surface area contributed by atoms with E-state index in [1.807, 2.05) is 0 Å². The van der Waals surface area contributed by atoms with Gasteiger partial charge in [0.25, 0.3) is 0 Å². The Labute approximate surface area is 428 Å². The van der Waals surface area contributed by atoms with Gasteiger partial charge in [0.15, 0.2) is 0 Å². The molecule has 0 amide bonds. The van der Waals surface area contributed by atoms with Crippen molar-refractivity contribution in [3.05, 3.63) is 58.7 Å². The zero-order chi connectivity index (χ0) is 49.5. The van der Waals surface area contributed by atoms with Gasteiger partial charge >= 0.3 is 14.2 Å². The monoisotopic (exact) mass is 961 g/mol. The van der Waals surface area contributed by atoms with E-state index in [2.05, 4.69) is 131 Å². The Balaban J connectivity index is 1.42. The summed E-state index contributed by atoms with van der Waals surface area (Å²) in [5, 5.41) is 0. The second kappa shape index (κ2) is 23.5. The first-order valence-corrected chi connectivity index (χ1v) is 30.0. The maximum Gasteiger partial charge on any atom is 0.494 e. The SMILES string of the molecule is CCCCCCCCC1(CCCCCCCC)c2cc(B3OC(C)(C)C(C)(C)O3)ccc2-c2sc3c(c21)C(CCCCCCCC)(CCCCCCCC)c1cc(B2OC(C)(C)C(C)(C)O2)ccc1-3. The molecule has 2 aliphatic heterocycles. The molecule has 0 bridgehead atoms. The molecule has 2 aromatic carbocycles. The summed E-state index contributed by atoms with van der Waals surface area (Å²) in [6, 6.07) is 15.0. The molecular weight excluding hydrogens is 862 g/mol. The highest BCUT2D eigenvalue weighted by Gasteiger charge is 2.57. The molecule has 2 fully saturated rings. The molecule has 69 heavy (non-hydrogen) atoms. The fourth-order valence-corrected chi connectivity index (χ4v) is 14.3. The second-order valence-corrected chi connectivity index (χ2v) is 25.6. The lowest BCUT2D eigenvalue weighted by molar-refractivity contribution is 0.00578. The van der Waals surface area contributed by atoms with E-state index in [4.69, 9.17) is 18.6 Å². The summed E-state index contributed by atoms with van der Waals surface area (Å²) in [7, 11) is -0.745. The van der Waals surface area contributed by atoms with Crippen LogP contribution in [0, 0.1) is 0 Å². The third kappa shape index (κ3) is 11.4. The Morgan fingerprint density at radius 3 is 0.899 bits per heavy atom. The van der Waals surface area contributed by atoms with Crippen LogP contribution in [0.3, 0.4) is 0 Å². The van der Waals surface area contributed by atoms with Crippen LogP contribution < -0.4 is 10.9 Å². The average molecular weight is 961 g/mol. The van der Waals surface area contributed by atoms with Crippen LogP contribution >= 0.6 is 11.3 Å². The normalized spacial score (nSPS) is 19.6. The van der Waals surface area contributed by atoms with E-state index in [9.17, 15) is 0 Å². The molecule has 0 N–H and O–H groups in total. The lowest BCUT2D eigenvalue weighted by Gasteiger charge is -2.39. The smallest absolute Gasteiger partial charge is 0.399 e. The summed E-state index contributed by atoms with van der Waals surface area (Å²) in [5.74, 6) is 0. The first-order chi connectivity index (χ1) is 33.0. The summed E-state index contributed by atoms with van der Waals surface area (Å²) in [5.41, 5.74) is 10.3. The molecule has 2 aliphatic carbocycles. The van der Waals surface area contributed by atoms with Crippen LogP contribution in [-0.4, -0.2) is 36.6 Å². The predicted molar refractivity (Wildman–Crippen MR) is 300 cm³/mol. The summed E-state index contributed by atoms with van der Waals surface area (Å²) < 4.78 is 27.4. The quantitative estimate of drug-likeness (QED) is 0.0493. The van der Waals surface area contributed by atoms with Gasteiger partial charge in [-0.1, -0.05) is 218 Å². The van der Waals surface area contributed by atoms with Crippen LogP contribution in [0.4, 0.5) is 0 Å². The molecule has 4 aliphatic rings. The summed E-state index contributed by atoms with van der Waals surface area (Å²) in [6.45, 7) is 27.0. The van der Waals surface area contributed by atoms with Crippen molar-refractivity contribution in [2.45, 2.75) is 296 Å². The first kappa shape index (κ1) is 54.9. The van der Waals surface area contributed by atoms with E-state index in [0.717, 1.165) is 0 Å². The molecule has 382 valence electrons. The summed E-state index contributed by atoms with van der Waals surface area (Å²) in [6.07, 6.45) is 36.4. The zero-order valence-corrected chi connectivity index (χ0v) is 47.3. The fourth-order valence-electron chi connectivity index (χ4n) is 12.7. The number of rotatable bonds is 30. The molecule has 0 atom stereocenters. The van der Waals surface area contributed by atoms with Crippen molar-refractivity contribution in [1.82, 2.24) is 0 Å². The van der Waals surface area contributed by atoms with Crippen LogP contribution in [0.5, 0.6) is 0 Å². The van der Waals surface area contributed by atoms with Gasteiger partial charge in [0.1, 0.15) is 0 Å². The second-order valence-electron chi connectivity index (χ2n) is 24.5. The van der Waals surface area contributed by atoms with E-state index >= 15 is 0 Å². The van der Waals surface area contributed by atoms with Crippen LogP contribution in [0.15, 0.2) is 36.4 Å². The lowest BCUT2D eigenvalue weighted by atomic mass is 9.63. The van der Waals surface area contributed by atoms with Gasteiger partial charge in [-0.25, -0.2) is 0 Å². The average Bonchev–Trinajstić information content (AvgIpc) is 4.02. The molecule has 0 radical (unpaired) electrons. The Bertz CT molecular complexity index is 1900. The topological polar surface area (TPSA) is 36.9 Å². The minimum absolute atomic E-state index is 0.0615. The van der Waals surface area contributed by atoms with E-state index in [1.165, 1.54) is 202 Å². The van der Waals surface area contributed by atoms with Gasteiger partial charge in [-0.3, -0.25) is 0 Å². The number of fused-ring (bicyclic) bond motifs is 7. The van der Waals surface area contributed by atoms with E-state index in [0.29, 0.717) is 0 Å². The maximum atomic E-state index is 6.86. The minimum Gasteiger partial charge on any atom is -0.399 e. The molecule has 0 saturated carbocycles. The highest BCUT2D eigenvalue weighted by atomic mass is 32.1. The van der Waals surface area contributed by atoms with Gasteiger partial charge in [0.05, 0.1) is 22.4 Å². The molecule has 3 aromatic rings. The molecule has 3 heterocycles. The number of hydrogen-bond donors (Lipinski definition) is 0. The van der Waals surface area contributed by atoms with Gasteiger partial charge in [0.2, 0.25) is 0 Å². The maximum absolute atomic E-state index is 6.86. The molecule has 7 rings (SSSR count). The summed E-state index contributed by atoms with van der Waals surface area (Å²) >= 11 is 2.15. The van der Waals surface area contributed by atoms with Crippen molar-refractivity contribution in [2.75, 3.05) is 0 Å². The molecule has 1 aromatic heterocycles. The van der Waals surface area contributed by atoms with Crippen LogP contribution in [0.2, 0.25) is 0 Å². The highest BCUT2D eigenvalue weighted by molar-refractivity contribution is 7.19. The minimum atomic E-state index is -0.387. The van der Waals surface area contributed by atoms with E-state index < -0.39 is 0 Å². The third-order valence-electron chi connectivity index (χ3n) is 18.4. The van der Waals surface area contributed by atoms with Gasteiger partial charge < -0.3 is 18.6 Å². The molecule has 2 saturated heterocycles. The Kier molecular flexibility index (Phi) is 18.7. The molecule has 0 unspecified atom stereocenters. The highest BCUT2D eigenvalue weighted by Crippen LogP contribution is 2.67. The number of hydrogen-bond acceptors (Lipinski definition) is 5. The van der Waals surface area contributed by atoms with Gasteiger partial charge in [-0.05, 0) is 125 Å². The fraction of sp³-hybridized carbons (Fsp3) is 0.742. The van der Waals surface area contributed by atoms with Crippen molar-refractivity contribution in [1.29, 1.82) is 0 Å². The Hall–Kier alpha value is -1.89. The van der Waals surface area contributed by atoms with Gasteiger partial charge in [0, 0.05) is 20.6 Å². The Morgan fingerprint density at radius 2 is 0.623 bits per heavy atom. The standard InChI is InChI=1S/C62H98B2O4S/c1-13-17-21-25-29-33-41-61(42-34-30-26-22-18-14-2)51-45-47(63-65-57(5,6)58(7,8)66-63)37-39-49(51)55-53(61)54-56(69-55)50-40-38-48(64-67-59(9,10)60(11,12)68-64)46-52(50)62(54,43-35-31-27-23-19-15-3)44-36-32-28-24-20-16-4/h37-40,45-46H,13-36,41-44H2,1-12H3. The number of thiophene rings is 1. The number of benzene rings is 2. The van der Waals surface area contributed by atoms with Gasteiger partial charge in [-0.15, -0.1) is 11.3 Å². The molecule has 7 heteroatoms. The van der Waals surface area contributed by atoms with Crippen LogP contribution in [0.25, 0.3) is 20.9 Å². The zero-order valence-electron chi connectivity index (χ0n) is 46.5. The Morgan fingerprint density at radius 1 is 0.362 bits per heavy atom. The van der Waals surface area contributed by atoms with Gasteiger partial charge in [-0.2, -0.15) is 0 Å². The lowest BCUT2D eigenvalue weighted by Crippen LogP contribution is -2.41. The van der Waals surface area contributed by atoms with Crippen molar-refractivity contribution in [3.63, 3.8) is 0 Å². The third-order valence-corrected chi connectivity index (χ3v) is 19.6. The van der Waals surface area contributed by atoms with Crippen molar-refractivity contribution >= 4 is 36.5 Å². The number of unbranched alkanes of at least 4 members (excludes halogenated alkanes) is 20. The van der Waals surface area contributed by atoms with E-state index in [-0.39, 0.29) is 47.5 Å². The van der Waals surface area contributed by atoms with Crippen molar-refractivity contribution in [3.8, 4) is 20.9 Å². The first-order valence-electron chi connectivity index (χ1n) is 29.2. The summed E-state index contributed by atoms with van der Waals surface area (Å²) in [4.78, 5) is 3.15. The van der Waals surface area contributed by atoms with Crippen LogP contribution in [0.1, 0.15) is 285 Å². The predicted octanol–water partition coefficient (Wildman–Crippen LogP) is 17.9.